The first-order valence-electron chi connectivity index (χ1n) is 6.84. The number of carbonyl (C=O) groups is 3. The molecule has 0 aromatic heterocycles. The van der Waals surface area contributed by atoms with Crippen LogP contribution in [0.5, 0.6) is 0 Å². The second-order valence-electron chi connectivity index (χ2n) is 4.84. The van der Waals surface area contributed by atoms with Crippen molar-refractivity contribution in [2.24, 2.45) is 0 Å². The van der Waals surface area contributed by atoms with Gasteiger partial charge in [0.2, 0.25) is 11.0 Å². The number of carbonyl (C=O) groups excluding carboxylic acids is 2. The maximum atomic E-state index is 12.0. The number of hydrogen-bond acceptors (Lipinski definition) is 4. The van der Waals surface area contributed by atoms with Gasteiger partial charge in [0.05, 0.1) is 0 Å². The Morgan fingerprint density at radius 3 is 2.62 bits per heavy atom. The quantitative estimate of drug-likeness (QED) is 0.901. The standard InChI is InChI=1S/C15H17NO4S/c17-13(16-9-4-7-12(16)14(18)19)8-10-21-15(20)11-5-2-1-3-6-11/h1-3,5-6,12H,4,7-10H2,(H,18,19)/t12-/m1/s1. The summed E-state index contributed by atoms with van der Waals surface area (Å²) in [4.78, 5) is 36.3. The molecule has 1 aromatic carbocycles. The number of hydrogen-bond donors (Lipinski definition) is 1. The number of rotatable bonds is 5. The van der Waals surface area contributed by atoms with Gasteiger partial charge in [0.25, 0.3) is 0 Å². The van der Waals surface area contributed by atoms with Crippen molar-refractivity contribution in [3.05, 3.63) is 35.9 Å². The summed E-state index contributed by atoms with van der Waals surface area (Å²) in [7, 11) is 0. The molecule has 1 aliphatic heterocycles. The van der Waals surface area contributed by atoms with Crippen molar-refractivity contribution in [3.8, 4) is 0 Å². The van der Waals surface area contributed by atoms with Gasteiger partial charge in [0, 0.05) is 24.3 Å². The van der Waals surface area contributed by atoms with Gasteiger partial charge in [0.15, 0.2) is 0 Å². The maximum Gasteiger partial charge on any atom is 0.326 e. The first kappa shape index (κ1) is 15.6. The molecule has 6 heteroatoms. The number of amides is 1. The summed E-state index contributed by atoms with van der Waals surface area (Å²) in [5, 5.41) is 8.97. The van der Waals surface area contributed by atoms with Crippen LogP contribution < -0.4 is 0 Å². The van der Waals surface area contributed by atoms with Crippen LogP contribution in [0.2, 0.25) is 0 Å². The first-order valence-corrected chi connectivity index (χ1v) is 7.82. The number of likely N-dealkylation sites (tertiary alicyclic amines) is 1. The second kappa shape index (κ2) is 7.26. The molecule has 0 radical (unpaired) electrons. The van der Waals surface area contributed by atoms with E-state index in [1.807, 2.05) is 6.07 Å². The van der Waals surface area contributed by atoms with Crippen LogP contribution in [0.25, 0.3) is 0 Å². The monoisotopic (exact) mass is 307 g/mol. The van der Waals surface area contributed by atoms with Gasteiger partial charge in [-0.15, -0.1) is 0 Å². The molecule has 1 amide bonds. The molecule has 1 atom stereocenters. The van der Waals surface area contributed by atoms with Gasteiger partial charge >= 0.3 is 5.97 Å². The highest BCUT2D eigenvalue weighted by atomic mass is 32.2. The molecule has 1 saturated heterocycles. The first-order chi connectivity index (χ1) is 10.1. The second-order valence-corrected chi connectivity index (χ2v) is 5.90. The maximum absolute atomic E-state index is 12.0. The Balaban J connectivity index is 1.79. The lowest BCUT2D eigenvalue weighted by atomic mass is 10.2. The van der Waals surface area contributed by atoms with Crippen molar-refractivity contribution >= 4 is 28.8 Å². The molecule has 0 bridgehead atoms. The fourth-order valence-corrected chi connectivity index (χ4v) is 3.12. The van der Waals surface area contributed by atoms with Crippen LogP contribution in [0.15, 0.2) is 30.3 Å². The summed E-state index contributed by atoms with van der Waals surface area (Å²) in [5.41, 5.74) is 0.611. The van der Waals surface area contributed by atoms with E-state index in [1.165, 1.54) is 4.90 Å². The van der Waals surface area contributed by atoms with Crippen LogP contribution >= 0.6 is 11.8 Å². The van der Waals surface area contributed by atoms with Crippen LogP contribution in [0, 0.1) is 0 Å². The molecule has 1 aliphatic rings. The summed E-state index contributed by atoms with van der Waals surface area (Å²) in [6, 6.07) is 8.19. The largest absolute Gasteiger partial charge is 0.480 e. The summed E-state index contributed by atoms with van der Waals surface area (Å²) in [5.74, 6) is -0.766. The zero-order valence-corrected chi connectivity index (χ0v) is 12.3. The number of aliphatic carboxylic acids is 1. The molecular formula is C15H17NO4S. The normalized spacial score (nSPS) is 17.7. The number of thioether (sulfide) groups is 1. The van der Waals surface area contributed by atoms with E-state index in [0.717, 1.165) is 18.2 Å². The molecule has 0 aliphatic carbocycles. The third-order valence-corrected chi connectivity index (χ3v) is 4.32. The summed E-state index contributed by atoms with van der Waals surface area (Å²) >= 11 is 1.09. The molecule has 1 aromatic rings. The smallest absolute Gasteiger partial charge is 0.326 e. The Kier molecular flexibility index (Phi) is 5.38. The average molecular weight is 307 g/mol. The lowest BCUT2D eigenvalue weighted by Crippen LogP contribution is -2.40. The zero-order valence-electron chi connectivity index (χ0n) is 11.5. The van der Waals surface area contributed by atoms with Gasteiger partial charge in [-0.3, -0.25) is 9.59 Å². The van der Waals surface area contributed by atoms with Crippen LogP contribution in [0.3, 0.4) is 0 Å². The van der Waals surface area contributed by atoms with Gasteiger partial charge in [-0.25, -0.2) is 4.79 Å². The molecule has 0 spiro atoms. The lowest BCUT2D eigenvalue weighted by molar-refractivity contribution is -0.148. The highest BCUT2D eigenvalue weighted by molar-refractivity contribution is 8.14. The van der Waals surface area contributed by atoms with E-state index in [0.29, 0.717) is 24.3 Å². The molecule has 21 heavy (non-hydrogen) atoms. The van der Waals surface area contributed by atoms with Crippen LogP contribution in [-0.2, 0) is 9.59 Å². The van der Waals surface area contributed by atoms with E-state index in [-0.39, 0.29) is 17.4 Å². The van der Waals surface area contributed by atoms with Crippen molar-refractivity contribution < 1.29 is 19.5 Å². The minimum absolute atomic E-state index is 0.0698. The number of benzene rings is 1. The van der Waals surface area contributed by atoms with Gasteiger partial charge < -0.3 is 10.0 Å². The van der Waals surface area contributed by atoms with Crippen molar-refractivity contribution in [2.45, 2.75) is 25.3 Å². The number of carboxylic acid groups (broad SMARTS) is 1. The summed E-state index contributed by atoms with van der Waals surface area (Å²) < 4.78 is 0. The molecule has 1 fully saturated rings. The molecule has 5 nitrogen and oxygen atoms in total. The van der Waals surface area contributed by atoms with Crippen molar-refractivity contribution in [1.29, 1.82) is 0 Å². The Morgan fingerprint density at radius 1 is 1.24 bits per heavy atom. The third kappa shape index (κ3) is 4.07. The Morgan fingerprint density at radius 2 is 1.95 bits per heavy atom. The molecule has 0 unspecified atom stereocenters. The highest BCUT2D eigenvalue weighted by Crippen LogP contribution is 2.20. The number of carboxylic acids is 1. The van der Waals surface area contributed by atoms with Crippen molar-refractivity contribution in [1.82, 2.24) is 4.90 Å². The van der Waals surface area contributed by atoms with Crippen molar-refractivity contribution in [2.75, 3.05) is 12.3 Å². The molecule has 0 saturated carbocycles. The minimum atomic E-state index is -0.950. The summed E-state index contributed by atoms with van der Waals surface area (Å²) in [6.45, 7) is 0.493. The lowest BCUT2D eigenvalue weighted by Gasteiger charge is -2.21. The highest BCUT2D eigenvalue weighted by Gasteiger charge is 2.33. The Bertz CT molecular complexity index is 532. The third-order valence-electron chi connectivity index (χ3n) is 3.42. The van der Waals surface area contributed by atoms with Gasteiger partial charge in [-0.2, -0.15) is 0 Å². The van der Waals surface area contributed by atoms with Gasteiger partial charge in [-0.05, 0) is 12.8 Å². The Hall–Kier alpha value is -1.82. The zero-order chi connectivity index (χ0) is 15.2. The predicted octanol–water partition coefficient (Wildman–Crippen LogP) is 2.03. The van der Waals surface area contributed by atoms with E-state index >= 15 is 0 Å². The minimum Gasteiger partial charge on any atom is -0.480 e. The van der Waals surface area contributed by atoms with Crippen LogP contribution in [0.1, 0.15) is 29.6 Å². The summed E-state index contributed by atoms with van der Waals surface area (Å²) in [6.07, 6.45) is 1.42. The van der Waals surface area contributed by atoms with E-state index in [4.69, 9.17) is 5.11 Å². The SMILES string of the molecule is O=C(SCCC(=O)N1CCC[C@@H]1C(=O)O)c1ccccc1. The fraction of sp³-hybridized carbons (Fsp3) is 0.400. The van der Waals surface area contributed by atoms with E-state index in [1.54, 1.807) is 24.3 Å². The van der Waals surface area contributed by atoms with Crippen LogP contribution in [0.4, 0.5) is 0 Å². The van der Waals surface area contributed by atoms with E-state index in [9.17, 15) is 14.4 Å². The molecule has 1 heterocycles. The van der Waals surface area contributed by atoms with E-state index in [2.05, 4.69) is 0 Å². The van der Waals surface area contributed by atoms with Gasteiger partial charge in [0.1, 0.15) is 6.04 Å². The molecular weight excluding hydrogens is 290 g/mol. The van der Waals surface area contributed by atoms with Gasteiger partial charge in [-0.1, -0.05) is 42.1 Å². The van der Waals surface area contributed by atoms with E-state index < -0.39 is 12.0 Å². The topological polar surface area (TPSA) is 74.7 Å². The van der Waals surface area contributed by atoms with Crippen LogP contribution in [-0.4, -0.2) is 45.3 Å². The predicted molar refractivity (Wildman–Crippen MR) is 80.2 cm³/mol. The molecule has 112 valence electrons. The molecule has 1 N–H and O–H groups in total. The van der Waals surface area contributed by atoms with Crippen molar-refractivity contribution in [3.63, 3.8) is 0 Å². The fourth-order valence-electron chi connectivity index (χ4n) is 2.35. The average Bonchev–Trinajstić information content (AvgIpc) is 2.97. The number of nitrogens with zero attached hydrogens (tertiary/aromatic N) is 1. The molecule has 2 rings (SSSR count). The Labute approximate surface area is 127 Å².